The quantitative estimate of drug-likeness (QED) is 0.873. The predicted molar refractivity (Wildman–Crippen MR) is 70.4 cm³/mol. The molecule has 2 aromatic rings. The van der Waals surface area contributed by atoms with Crippen molar-refractivity contribution in [2.24, 2.45) is 0 Å². The Hall–Kier alpha value is -2.50. The average Bonchev–Trinajstić information content (AvgIpc) is 2.39. The second-order valence-electron chi connectivity index (χ2n) is 3.95. The van der Waals surface area contributed by atoms with Crippen LogP contribution in [0.4, 0.5) is 14.5 Å². The molecular formula is C14H13F2NO3. The molecule has 106 valence electrons. The molecule has 0 heterocycles. The van der Waals surface area contributed by atoms with Crippen LogP contribution in [0.25, 0.3) is 0 Å². The molecule has 20 heavy (non-hydrogen) atoms. The molecule has 0 fully saturated rings. The maximum Gasteiger partial charge on any atom is 0.164 e. The Morgan fingerprint density at radius 2 is 1.35 bits per heavy atom. The molecule has 0 aliphatic rings. The monoisotopic (exact) mass is 281 g/mol. The lowest BCUT2D eigenvalue weighted by atomic mass is 10.2. The first-order chi connectivity index (χ1) is 9.53. The third-order valence-corrected chi connectivity index (χ3v) is 2.58. The minimum Gasteiger partial charge on any atom is -0.493 e. The van der Waals surface area contributed by atoms with Crippen LogP contribution in [-0.4, -0.2) is 14.2 Å². The molecular weight excluding hydrogens is 268 g/mol. The lowest BCUT2D eigenvalue weighted by Gasteiger charge is -2.13. The highest BCUT2D eigenvalue weighted by atomic mass is 19.1. The van der Waals surface area contributed by atoms with E-state index in [9.17, 15) is 8.78 Å². The number of anilines is 1. The maximum atomic E-state index is 13.1. The minimum absolute atomic E-state index is 0.00131. The first kappa shape index (κ1) is 13.9. The van der Waals surface area contributed by atoms with Gasteiger partial charge in [-0.1, -0.05) is 0 Å². The van der Waals surface area contributed by atoms with Crippen molar-refractivity contribution in [1.82, 2.24) is 0 Å². The van der Waals surface area contributed by atoms with Crippen LogP contribution in [0.1, 0.15) is 0 Å². The van der Waals surface area contributed by atoms with Crippen molar-refractivity contribution in [3.8, 4) is 23.0 Å². The van der Waals surface area contributed by atoms with E-state index in [2.05, 4.69) is 0 Å². The Morgan fingerprint density at radius 3 is 1.90 bits per heavy atom. The van der Waals surface area contributed by atoms with Crippen LogP contribution in [0.3, 0.4) is 0 Å². The molecule has 0 saturated heterocycles. The fourth-order valence-corrected chi connectivity index (χ4v) is 1.68. The van der Waals surface area contributed by atoms with Crippen molar-refractivity contribution in [3.05, 3.63) is 42.0 Å². The fraction of sp³-hybridized carbons (Fsp3) is 0.143. The molecule has 2 rings (SSSR count). The molecule has 0 spiro atoms. The van der Waals surface area contributed by atoms with Gasteiger partial charge in [-0.05, 0) is 0 Å². The largest absolute Gasteiger partial charge is 0.493 e. The molecule has 2 N–H and O–H groups in total. The highest BCUT2D eigenvalue weighted by Crippen LogP contribution is 2.38. The molecule has 0 aliphatic heterocycles. The van der Waals surface area contributed by atoms with Crippen LogP contribution in [-0.2, 0) is 0 Å². The Kier molecular flexibility index (Phi) is 3.93. The van der Waals surface area contributed by atoms with E-state index in [1.807, 2.05) is 0 Å². The summed E-state index contributed by atoms with van der Waals surface area (Å²) in [5, 5.41) is 0. The number of hydrogen-bond acceptors (Lipinski definition) is 4. The second-order valence-corrected chi connectivity index (χ2v) is 3.95. The van der Waals surface area contributed by atoms with Gasteiger partial charge < -0.3 is 19.9 Å². The maximum absolute atomic E-state index is 13.1. The van der Waals surface area contributed by atoms with Crippen LogP contribution in [0, 0.1) is 11.6 Å². The van der Waals surface area contributed by atoms with E-state index in [0.29, 0.717) is 11.5 Å². The van der Waals surface area contributed by atoms with E-state index in [1.165, 1.54) is 26.4 Å². The van der Waals surface area contributed by atoms with Gasteiger partial charge in [0.15, 0.2) is 17.2 Å². The minimum atomic E-state index is -0.737. The van der Waals surface area contributed by atoms with Gasteiger partial charge in [0.1, 0.15) is 17.4 Å². The Morgan fingerprint density at radius 1 is 0.800 bits per heavy atom. The topological polar surface area (TPSA) is 53.7 Å². The number of halogens is 2. The molecule has 0 aromatic heterocycles. The summed E-state index contributed by atoms with van der Waals surface area (Å²) in [5.41, 5.74) is 6.05. The van der Waals surface area contributed by atoms with Gasteiger partial charge in [-0.25, -0.2) is 8.78 Å². The molecule has 0 aliphatic carbocycles. The van der Waals surface area contributed by atoms with Gasteiger partial charge >= 0.3 is 0 Å². The fourth-order valence-electron chi connectivity index (χ4n) is 1.68. The second kappa shape index (κ2) is 5.64. The number of hydrogen-bond donors (Lipinski definition) is 1. The standard InChI is InChI=1S/C14H13F2NO3/c1-18-13-6-11(17)12(7-14(13)19-2)20-10-4-8(15)3-9(16)5-10/h3-7H,17H2,1-2H3. The van der Waals surface area contributed by atoms with Crippen molar-refractivity contribution >= 4 is 5.69 Å². The Bertz CT molecular complexity index is 612. The number of nitrogens with two attached hydrogens (primary N) is 1. The van der Waals surface area contributed by atoms with Crippen molar-refractivity contribution in [3.63, 3.8) is 0 Å². The molecule has 2 aromatic carbocycles. The van der Waals surface area contributed by atoms with E-state index in [1.54, 1.807) is 0 Å². The molecule has 6 heteroatoms. The third-order valence-electron chi connectivity index (χ3n) is 2.58. The number of rotatable bonds is 4. The summed E-state index contributed by atoms with van der Waals surface area (Å²) in [6.07, 6.45) is 0. The van der Waals surface area contributed by atoms with Crippen LogP contribution < -0.4 is 19.9 Å². The molecule has 0 saturated carbocycles. The first-order valence-electron chi connectivity index (χ1n) is 5.69. The van der Waals surface area contributed by atoms with Crippen LogP contribution >= 0.6 is 0 Å². The molecule has 0 unspecified atom stereocenters. The van der Waals surface area contributed by atoms with E-state index < -0.39 is 11.6 Å². The van der Waals surface area contributed by atoms with E-state index in [-0.39, 0.29) is 17.2 Å². The zero-order valence-electron chi connectivity index (χ0n) is 10.9. The van der Waals surface area contributed by atoms with Crippen LogP contribution in [0.15, 0.2) is 30.3 Å². The lowest BCUT2D eigenvalue weighted by molar-refractivity contribution is 0.352. The lowest BCUT2D eigenvalue weighted by Crippen LogP contribution is -1.97. The number of benzene rings is 2. The summed E-state index contributed by atoms with van der Waals surface area (Å²) >= 11 is 0. The van der Waals surface area contributed by atoms with Gasteiger partial charge in [-0.2, -0.15) is 0 Å². The van der Waals surface area contributed by atoms with Gasteiger partial charge in [0, 0.05) is 30.3 Å². The average molecular weight is 281 g/mol. The summed E-state index contributed by atoms with van der Waals surface area (Å²) in [4.78, 5) is 0. The van der Waals surface area contributed by atoms with E-state index >= 15 is 0 Å². The van der Waals surface area contributed by atoms with Gasteiger partial charge in [0.05, 0.1) is 19.9 Å². The normalized spacial score (nSPS) is 10.2. The van der Waals surface area contributed by atoms with Crippen LogP contribution in [0.5, 0.6) is 23.0 Å². The Labute approximate surface area is 114 Å². The summed E-state index contributed by atoms with van der Waals surface area (Å²) in [7, 11) is 2.93. The summed E-state index contributed by atoms with van der Waals surface area (Å²) in [6, 6.07) is 5.85. The predicted octanol–water partition coefficient (Wildman–Crippen LogP) is 3.36. The summed E-state index contributed by atoms with van der Waals surface area (Å²) < 4.78 is 41.8. The van der Waals surface area contributed by atoms with Crippen molar-refractivity contribution < 1.29 is 23.0 Å². The molecule has 4 nitrogen and oxygen atoms in total. The summed E-state index contributed by atoms with van der Waals surface area (Å²) in [5.74, 6) is -0.427. The highest BCUT2D eigenvalue weighted by molar-refractivity contribution is 5.62. The zero-order chi connectivity index (χ0) is 14.7. The van der Waals surface area contributed by atoms with E-state index in [4.69, 9.17) is 19.9 Å². The smallest absolute Gasteiger partial charge is 0.164 e. The van der Waals surface area contributed by atoms with E-state index in [0.717, 1.165) is 18.2 Å². The Balaban J connectivity index is 2.37. The number of ether oxygens (including phenoxy) is 3. The van der Waals surface area contributed by atoms with Gasteiger partial charge in [0.2, 0.25) is 0 Å². The summed E-state index contributed by atoms with van der Waals surface area (Å²) in [6.45, 7) is 0. The first-order valence-corrected chi connectivity index (χ1v) is 5.69. The van der Waals surface area contributed by atoms with Crippen molar-refractivity contribution in [2.45, 2.75) is 0 Å². The molecule has 0 atom stereocenters. The van der Waals surface area contributed by atoms with Crippen molar-refractivity contribution in [1.29, 1.82) is 0 Å². The van der Waals surface area contributed by atoms with Crippen LogP contribution in [0.2, 0.25) is 0 Å². The SMILES string of the molecule is COc1cc(N)c(Oc2cc(F)cc(F)c2)cc1OC. The zero-order valence-corrected chi connectivity index (χ0v) is 10.9. The third kappa shape index (κ3) is 2.90. The number of nitrogen functional groups attached to an aromatic ring is 1. The molecule has 0 radical (unpaired) electrons. The van der Waals surface area contributed by atoms with Crippen molar-refractivity contribution in [2.75, 3.05) is 20.0 Å². The van der Waals surface area contributed by atoms with Gasteiger partial charge in [0.25, 0.3) is 0 Å². The van der Waals surface area contributed by atoms with Gasteiger partial charge in [-0.3, -0.25) is 0 Å². The number of methoxy groups -OCH3 is 2. The van der Waals surface area contributed by atoms with Gasteiger partial charge in [-0.15, -0.1) is 0 Å². The molecule has 0 amide bonds. The highest BCUT2D eigenvalue weighted by Gasteiger charge is 2.12. The molecule has 0 bridgehead atoms.